The van der Waals surface area contributed by atoms with E-state index in [1.807, 2.05) is 0 Å². The van der Waals surface area contributed by atoms with E-state index in [0.717, 1.165) is 53.0 Å². The van der Waals surface area contributed by atoms with Crippen LogP contribution >= 0.6 is 0 Å². The molecule has 8 aromatic carbocycles. The Labute approximate surface area is 414 Å². The maximum atomic E-state index is 2.80. The monoisotopic (exact) mass is 903 g/mol. The number of hydrogen-bond donors (Lipinski definition) is 0. The lowest BCUT2D eigenvalue weighted by Crippen LogP contribution is -2.43. The van der Waals surface area contributed by atoms with Gasteiger partial charge in [-0.25, -0.2) is 0 Å². The van der Waals surface area contributed by atoms with Crippen molar-refractivity contribution in [2.24, 2.45) is 47.3 Å². The third-order valence-electron chi connectivity index (χ3n) is 20.1. The fraction of sp³-hybridized carbons (Fsp3) is 0.304. The van der Waals surface area contributed by atoms with Gasteiger partial charge in [-0.05, 0) is 226 Å². The van der Waals surface area contributed by atoms with E-state index in [1.165, 1.54) is 142 Å². The molecule has 8 aromatic rings. The summed E-state index contributed by atoms with van der Waals surface area (Å²) in [5.41, 5.74) is 22.9. The zero-order valence-corrected chi connectivity index (χ0v) is 40.2. The van der Waals surface area contributed by atoms with E-state index in [4.69, 9.17) is 0 Å². The molecule has 8 saturated carbocycles. The van der Waals surface area contributed by atoms with Crippen LogP contribution in [0.1, 0.15) is 109 Å². The molecule has 10 aliphatic carbocycles. The summed E-state index contributed by atoms with van der Waals surface area (Å²) in [5.74, 6) is 8.51. The van der Waals surface area contributed by atoms with Gasteiger partial charge < -0.3 is 4.90 Å². The van der Waals surface area contributed by atoms with Crippen LogP contribution in [-0.4, -0.2) is 0 Å². The lowest BCUT2D eigenvalue weighted by atomic mass is 9.50. The normalized spacial score (nSPS) is 29.8. The summed E-state index contributed by atoms with van der Waals surface area (Å²) < 4.78 is 0. The van der Waals surface area contributed by atoms with Gasteiger partial charge in [0.15, 0.2) is 0 Å². The van der Waals surface area contributed by atoms with Crippen molar-refractivity contribution in [3.63, 3.8) is 0 Å². The average molecular weight is 904 g/mol. The number of fused-ring (bicyclic) bond motifs is 10. The fourth-order valence-corrected chi connectivity index (χ4v) is 18.1. The van der Waals surface area contributed by atoms with Crippen LogP contribution in [0.25, 0.3) is 44.5 Å². The summed E-state index contributed by atoms with van der Waals surface area (Å²) in [7, 11) is 0. The van der Waals surface area contributed by atoms with Gasteiger partial charge in [0, 0.05) is 16.9 Å². The van der Waals surface area contributed by atoms with E-state index in [2.05, 4.69) is 193 Å². The van der Waals surface area contributed by atoms with Gasteiger partial charge >= 0.3 is 0 Å². The van der Waals surface area contributed by atoms with Crippen LogP contribution in [0.2, 0.25) is 0 Å². The Balaban J connectivity index is 0.940. The molecular formula is C69H61N. The minimum absolute atomic E-state index is 0.438. The molecule has 0 N–H and O–H groups in total. The van der Waals surface area contributed by atoms with Crippen LogP contribution in [0.3, 0.4) is 0 Å². The summed E-state index contributed by atoms with van der Waals surface area (Å²) >= 11 is 0. The number of nitrogens with zero attached hydrogens (tertiary/aromatic N) is 1. The van der Waals surface area contributed by atoms with E-state index in [0.29, 0.717) is 11.8 Å². The molecule has 0 radical (unpaired) electrons. The van der Waals surface area contributed by atoms with Gasteiger partial charge in [0.2, 0.25) is 0 Å². The molecule has 1 spiro atoms. The Morgan fingerprint density at radius 3 is 1.33 bits per heavy atom. The number of rotatable bonds is 7. The van der Waals surface area contributed by atoms with Crippen molar-refractivity contribution in [2.45, 2.75) is 81.5 Å². The lowest BCUT2D eigenvalue weighted by Gasteiger charge is -2.54. The Morgan fingerprint density at radius 2 is 0.743 bits per heavy atom. The fourth-order valence-electron chi connectivity index (χ4n) is 18.1. The van der Waals surface area contributed by atoms with Gasteiger partial charge in [-0.1, -0.05) is 158 Å². The second-order valence-electron chi connectivity index (χ2n) is 23.7. The number of anilines is 3. The minimum Gasteiger partial charge on any atom is -0.310 e. The van der Waals surface area contributed by atoms with E-state index < -0.39 is 5.41 Å². The van der Waals surface area contributed by atoms with Gasteiger partial charge in [0.05, 0.1) is 11.1 Å². The van der Waals surface area contributed by atoms with E-state index in [1.54, 1.807) is 11.1 Å². The first-order valence-electron chi connectivity index (χ1n) is 27.3. The van der Waals surface area contributed by atoms with Crippen LogP contribution in [0, 0.1) is 47.3 Å². The van der Waals surface area contributed by atoms with Gasteiger partial charge in [-0.2, -0.15) is 0 Å². The van der Waals surface area contributed by atoms with Crippen molar-refractivity contribution in [2.75, 3.05) is 4.90 Å². The van der Waals surface area contributed by atoms with Crippen molar-refractivity contribution < 1.29 is 0 Å². The Kier molecular flexibility index (Phi) is 8.80. The Morgan fingerprint density at radius 1 is 0.300 bits per heavy atom. The topological polar surface area (TPSA) is 3.24 Å². The second kappa shape index (κ2) is 15.3. The summed E-state index contributed by atoms with van der Waals surface area (Å²) in [6.07, 6.45) is 14.5. The molecular weight excluding hydrogens is 843 g/mol. The quantitative estimate of drug-likeness (QED) is 0.154. The Bertz CT molecular complexity index is 3230. The molecule has 8 fully saturated rings. The largest absolute Gasteiger partial charge is 0.310 e. The second-order valence-corrected chi connectivity index (χ2v) is 23.7. The summed E-state index contributed by atoms with van der Waals surface area (Å²) in [6, 6.07) is 73.4. The molecule has 1 heteroatoms. The maximum Gasteiger partial charge on any atom is 0.0726 e. The molecule has 10 aliphatic rings. The van der Waals surface area contributed by atoms with Crippen molar-refractivity contribution in [3.8, 4) is 44.5 Å². The molecule has 70 heavy (non-hydrogen) atoms. The highest BCUT2D eigenvalue weighted by molar-refractivity contribution is 5.97. The van der Waals surface area contributed by atoms with Crippen molar-refractivity contribution in [1.82, 2.24) is 0 Å². The van der Waals surface area contributed by atoms with Crippen molar-refractivity contribution in [1.29, 1.82) is 0 Å². The number of para-hydroxylation sites is 1. The highest BCUT2D eigenvalue weighted by atomic mass is 15.1. The van der Waals surface area contributed by atoms with Gasteiger partial charge in [0.1, 0.15) is 0 Å². The minimum atomic E-state index is -0.438. The van der Waals surface area contributed by atoms with E-state index in [-0.39, 0.29) is 0 Å². The smallest absolute Gasteiger partial charge is 0.0726 e. The molecule has 0 heterocycles. The summed E-state index contributed by atoms with van der Waals surface area (Å²) in [6.45, 7) is 0. The third kappa shape index (κ3) is 5.84. The van der Waals surface area contributed by atoms with Crippen LogP contribution < -0.4 is 4.90 Å². The number of benzene rings is 8. The molecule has 342 valence electrons. The van der Waals surface area contributed by atoms with Gasteiger partial charge in [0.25, 0.3) is 0 Å². The zero-order chi connectivity index (χ0) is 45.7. The molecule has 1 nitrogen and oxygen atoms in total. The van der Waals surface area contributed by atoms with Gasteiger partial charge in [-0.3, -0.25) is 0 Å². The summed E-state index contributed by atoms with van der Waals surface area (Å²) in [5, 5.41) is 0. The van der Waals surface area contributed by atoms with Crippen LogP contribution in [0.4, 0.5) is 17.1 Å². The van der Waals surface area contributed by atoms with Crippen molar-refractivity contribution in [3.05, 3.63) is 221 Å². The molecule has 8 bridgehead atoms. The predicted molar refractivity (Wildman–Crippen MR) is 288 cm³/mol. The molecule has 18 rings (SSSR count). The van der Waals surface area contributed by atoms with Crippen LogP contribution in [0.15, 0.2) is 188 Å². The predicted octanol–water partition coefficient (Wildman–Crippen LogP) is 17.9. The SMILES string of the molecule is c1ccc(-c2cccc(N(c3ccc4c(c3)C3(c5ccccc5-4)c4cc(C5C6CC7CC(C6)CC5C7)ccc4-c4ccc(C5C6CC7CC(C6)CC5C7)cc43)c3ccccc3-c3ccccc3)c2)cc1. The molecule has 0 aromatic heterocycles. The van der Waals surface area contributed by atoms with Gasteiger partial charge in [-0.15, -0.1) is 0 Å². The Hall–Kier alpha value is -6.44. The third-order valence-corrected chi connectivity index (χ3v) is 20.1. The lowest BCUT2D eigenvalue weighted by molar-refractivity contribution is -0.00283. The molecule has 0 atom stereocenters. The van der Waals surface area contributed by atoms with Crippen LogP contribution in [-0.2, 0) is 5.41 Å². The van der Waals surface area contributed by atoms with E-state index in [9.17, 15) is 0 Å². The first-order valence-corrected chi connectivity index (χ1v) is 27.3. The average Bonchev–Trinajstić information content (AvgIpc) is 3.85. The molecule has 0 amide bonds. The maximum absolute atomic E-state index is 2.80. The first-order chi connectivity index (χ1) is 34.6. The molecule has 0 aliphatic heterocycles. The number of hydrogen-bond acceptors (Lipinski definition) is 1. The zero-order valence-electron chi connectivity index (χ0n) is 40.2. The standard InChI is InChI=1S/C69H61N/c1-3-12-46(13-4-1)48-16-11-17-55(38-48)70(66-21-10-8-18-57(66)47-14-5-2-6-15-47)56-24-27-61-58-19-7-9-20-62(58)69(65(61)41-56)63-39-49(67-51-30-42-28-43(32-51)33-52(67)31-42)22-25-59(63)60-26-23-50(40-64(60)69)68-53-34-44-29-45(36-53)37-54(68)35-44/h1-27,38-45,51-54,67-68H,28-37H2. The van der Waals surface area contributed by atoms with E-state index >= 15 is 0 Å². The van der Waals surface area contributed by atoms with Crippen molar-refractivity contribution >= 4 is 17.1 Å². The first kappa shape index (κ1) is 40.3. The molecule has 0 saturated heterocycles. The molecule has 0 unspecified atom stereocenters. The highest BCUT2D eigenvalue weighted by Gasteiger charge is 2.55. The van der Waals surface area contributed by atoms with Crippen LogP contribution in [0.5, 0.6) is 0 Å². The highest BCUT2D eigenvalue weighted by Crippen LogP contribution is 2.67. The summed E-state index contributed by atoms with van der Waals surface area (Å²) in [4.78, 5) is 2.57.